The molecule has 8 nitrogen and oxygen atoms in total. The maximum Gasteiger partial charge on any atom is 0.296 e. The Bertz CT molecular complexity index is 1600. The van der Waals surface area contributed by atoms with Crippen molar-refractivity contribution in [2.24, 2.45) is 0 Å². The minimum Gasteiger partial charge on any atom is -0.507 e. The number of aliphatic hydroxyl groups is 1. The number of aliphatic hydroxyl groups excluding tert-OH is 1. The summed E-state index contributed by atoms with van der Waals surface area (Å²) in [4.78, 5) is 34.8. The molecule has 3 heterocycles. The van der Waals surface area contributed by atoms with Crippen LogP contribution in [-0.2, 0) is 16.1 Å². The standard InChI is InChI=1S/C32H27N3O5/c1-34-16-17-39-27-14-13-22(19-26(27)34)30(36)28-29(35(32(38)31(28)37)20-23-9-5-6-15-33-23)21-8-7-12-25(18-21)40-24-10-3-2-4-11-24/h2-15,18-19,29,36H,16-17,20H2,1H3/b30-28-. The SMILES string of the molecule is CN1CCOc2ccc(/C(O)=C3/C(=O)C(=O)N(Cc4ccccn4)C3c3cccc(Oc4ccccc4)c3)cc21. The highest BCUT2D eigenvalue weighted by molar-refractivity contribution is 6.46. The summed E-state index contributed by atoms with van der Waals surface area (Å²) in [6, 6.07) is 26.4. The van der Waals surface area contributed by atoms with Crippen molar-refractivity contribution in [2.75, 3.05) is 25.1 Å². The van der Waals surface area contributed by atoms with E-state index in [1.807, 2.05) is 54.4 Å². The van der Waals surface area contributed by atoms with Gasteiger partial charge in [-0.2, -0.15) is 0 Å². The molecular formula is C32H27N3O5. The number of aromatic nitrogens is 1. The number of fused-ring (bicyclic) bond motifs is 1. The quantitative estimate of drug-likeness (QED) is 0.204. The molecule has 1 N–H and O–H groups in total. The Balaban J connectivity index is 1.46. The topological polar surface area (TPSA) is 92.2 Å². The molecule has 1 atom stereocenters. The Hall–Kier alpha value is -5.11. The van der Waals surface area contributed by atoms with Gasteiger partial charge in [0.05, 0.1) is 36.1 Å². The number of likely N-dealkylation sites (tertiary alicyclic amines) is 1. The lowest BCUT2D eigenvalue weighted by Crippen LogP contribution is -2.29. The number of nitrogens with zero attached hydrogens (tertiary/aromatic N) is 3. The number of anilines is 1. The first kappa shape index (κ1) is 25.2. The van der Waals surface area contributed by atoms with E-state index in [1.165, 1.54) is 4.90 Å². The first-order chi connectivity index (χ1) is 19.5. The Morgan fingerprint density at radius 1 is 0.975 bits per heavy atom. The predicted octanol–water partition coefficient (Wildman–Crippen LogP) is 5.32. The van der Waals surface area contributed by atoms with E-state index in [2.05, 4.69) is 4.98 Å². The van der Waals surface area contributed by atoms with Crippen molar-refractivity contribution in [3.63, 3.8) is 0 Å². The van der Waals surface area contributed by atoms with Crippen molar-refractivity contribution in [1.29, 1.82) is 0 Å². The Morgan fingerprint density at radius 3 is 2.58 bits per heavy atom. The molecule has 6 rings (SSSR count). The van der Waals surface area contributed by atoms with Crippen molar-refractivity contribution >= 4 is 23.1 Å². The largest absolute Gasteiger partial charge is 0.507 e. The number of carbonyl (C=O) groups is 2. The zero-order chi connectivity index (χ0) is 27.6. The monoisotopic (exact) mass is 533 g/mol. The van der Waals surface area contributed by atoms with Crippen molar-refractivity contribution in [2.45, 2.75) is 12.6 Å². The molecule has 0 radical (unpaired) electrons. The third kappa shape index (κ3) is 4.75. The van der Waals surface area contributed by atoms with E-state index in [-0.39, 0.29) is 17.9 Å². The average Bonchev–Trinajstić information content (AvgIpc) is 3.23. The number of hydrogen-bond donors (Lipinski definition) is 1. The van der Waals surface area contributed by atoms with Crippen LogP contribution in [0, 0.1) is 0 Å². The zero-order valence-corrected chi connectivity index (χ0v) is 21.9. The molecule has 2 aliphatic heterocycles. The van der Waals surface area contributed by atoms with Gasteiger partial charge in [-0.3, -0.25) is 14.6 Å². The highest BCUT2D eigenvalue weighted by Crippen LogP contribution is 2.42. The number of benzene rings is 3. The highest BCUT2D eigenvalue weighted by atomic mass is 16.5. The Labute approximate surface area is 231 Å². The molecule has 4 aromatic rings. The molecule has 0 saturated carbocycles. The van der Waals surface area contributed by atoms with Crippen molar-refractivity contribution in [3.8, 4) is 17.2 Å². The second kappa shape index (κ2) is 10.6. The summed E-state index contributed by atoms with van der Waals surface area (Å²) < 4.78 is 11.8. The summed E-state index contributed by atoms with van der Waals surface area (Å²) in [5, 5.41) is 11.6. The molecular weight excluding hydrogens is 506 g/mol. The van der Waals surface area contributed by atoms with E-state index in [0.29, 0.717) is 47.2 Å². The summed E-state index contributed by atoms with van der Waals surface area (Å²) in [5.74, 6) is 0.189. The van der Waals surface area contributed by atoms with Crippen LogP contribution >= 0.6 is 0 Å². The van der Waals surface area contributed by atoms with Crippen LogP contribution in [-0.4, -0.2) is 46.9 Å². The van der Waals surface area contributed by atoms with Crippen LogP contribution in [0.2, 0.25) is 0 Å². The van der Waals surface area contributed by atoms with Crippen LogP contribution in [0.3, 0.4) is 0 Å². The van der Waals surface area contributed by atoms with E-state index in [0.717, 1.165) is 5.69 Å². The summed E-state index contributed by atoms with van der Waals surface area (Å²) in [6.07, 6.45) is 1.64. The summed E-state index contributed by atoms with van der Waals surface area (Å²) in [6.45, 7) is 1.35. The van der Waals surface area contributed by atoms with Gasteiger partial charge in [-0.1, -0.05) is 36.4 Å². The molecule has 0 aliphatic carbocycles. The molecule has 0 spiro atoms. The minimum atomic E-state index is -0.855. The fourth-order valence-electron chi connectivity index (χ4n) is 5.08. The lowest BCUT2D eigenvalue weighted by molar-refractivity contribution is -0.140. The minimum absolute atomic E-state index is 0.0112. The number of amides is 1. The summed E-state index contributed by atoms with van der Waals surface area (Å²) in [5.41, 5.74) is 2.49. The van der Waals surface area contributed by atoms with Crippen molar-refractivity contribution in [3.05, 3.63) is 120 Å². The molecule has 1 aromatic heterocycles. The van der Waals surface area contributed by atoms with Gasteiger partial charge in [-0.05, 0) is 60.2 Å². The van der Waals surface area contributed by atoms with E-state index >= 15 is 0 Å². The van der Waals surface area contributed by atoms with E-state index in [4.69, 9.17) is 9.47 Å². The molecule has 40 heavy (non-hydrogen) atoms. The lowest BCUT2D eigenvalue weighted by atomic mass is 9.94. The molecule has 1 unspecified atom stereocenters. The fourth-order valence-corrected chi connectivity index (χ4v) is 5.08. The smallest absolute Gasteiger partial charge is 0.296 e. The van der Waals surface area contributed by atoms with Crippen LogP contribution in [0.15, 0.2) is 103 Å². The molecule has 2 aliphatic rings. The van der Waals surface area contributed by atoms with Gasteiger partial charge in [0.15, 0.2) is 0 Å². The van der Waals surface area contributed by atoms with Crippen LogP contribution < -0.4 is 14.4 Å². The molecule has 200 valence electrons. The van der Waals surface area contributed by atoms with Crippen molar-refractivity contribution in [1.82, 2.24) is 9.88 Å². The summed E-state index contributed by atoms with van der Waals surface area (Å²) in [7, 11) is 1.94. The maximum absolute atomic E-state index is 13.5. The highest BCUT2D eigenvalue weighted by Gasteiger charge is 2.46. The van der Waals surface area contributed by atoms with E-state index in [1.54, 1.807) is 54.7 Å². The number of rotatable bonds is 6. The van der Waals surface area contributed by atoms with Gasteiger partial charge in [-0.15, -0.1) is 0 Å². The van der Waals surface area contributed by atoms with Crippen molar-refractivity contribution < 1.29 is 24.2 Å². The van der Waals surface area contributed by atoms with Gasteiger partial charge in [-0.25, -0.2) is 0 Å². The molecule has 8 heteroatoms. The number of Topliss-reactive ketones (excluding diaryl/α,β-unsaturated/α-hetero) is 1. The molecule has 1 fully saturated rings. The van der Waals surface area contributed by atoms with E-state index in [9.17, 15) is 14.7 Å². The van der Waals surface area contributed by atoms with Gasteiger partial charge >= 0.3 is 0 Å². The number of para-hydroxylation sites is 1. The van der Waals surface area contributed by atoms with Crippen LogP contribution in [0.5, 0.6) is 17.2 Å². The molecule has 3 aromatic carbocycles. The number of carbonyl (C=O) groups excluding carboxylic acids is 2. The second-order valence-corrected chi connectivity index (χ2v) is 9.69. The molecule has 1 saturated heterocycles. The lowest BCUT2D eigenvalue weighted by Gasteiger charge is -2.28. The van der Waals surface area contributed by atoms with Gasteiger partial charge in [0.1, 0.15) is 29.6 Å². The fraction of sp³-hybridized carbons (Fsp3) is 0.156. The Morgan fingerprint density at radius 2 is 1.77 bits per heavy atom. The summed E-state index contributed by atoms with van der Waals surface area (Å²) >= 11 is 0. The third-order valence-corrected chi connectivity index (χ3v) is 7.08. The average molecular weight is 534 g/mol. The molecule has 0 bridgehead atoms. The van der Waals surface area contributed by atoms with Crippen LogP contribution in [0.4, 0.5) is 5.69 Å². The Kier molecular flexibility index (Phi) is 6.66. The normalized spacial score (nSPS) is 17.9. The first-order valence-electron chi connectivity index (χ1n) is 13.0. The third-order valence-electron chi connectivity index (χ3n) is 7.08. The first-order valence-corrected chi connectivity index (χ1v) is 13.0. The number of hydrogen-bond acceptors (Lipinski definition) is 7. The number of ketones is 1. The second-order valence-electron chi connectivity index (χ2n) is 9.69. The van der Waals surface area contributed by atoms with E-state index < -0.39 is 17.7 Å². The van der Waals surface area contributed by atoms with Gasteiger partial charge in [0.25, 0.3) is 11.7 Å². The number of likely N-dealkylation sites (N-methyl/N-ethyl adjacent to an activating group) is 1. The maximum atomic E-state index is 13.5. The van der Waals surface area contributed by atoms with Gasteiger partial charge in [0.2, 0.25) is 0 Å². The predicted molar refractivity (Wildman–Crippen MR) is 150 cm³/mol. The van der Waals surface area contributed by atoms with Gasteiger partial charge in [0, 0.05) is 18.8 Å². The number of ether oxygens (including phenoxy) is 2. The van der Waals surface area contributed by atoms with Crippen LogP contribution in [0.25, 0.3) is 5.76 Å². The van der Waals surface area contributed by atoms with Crippen LogP contribution in [0.1, 0.15) is 22.9 Å². The van der Waals surface area contributed by atoms with Gasteiger partial charge < -0.3 is 24.4 Å². The number of pyridine rings is 1. The zero-order valence-electron chi connectivity index (χ0n) is 21.9. The molecule has 1 amide bonds.